The van der Waals surface area contributed by atoms with E-state index in [4.69, 9.17) is 18.9 Å². The highest BCUT2D eigenvalue weighted by Gasteiger charge is 2.08. The first-order valence-electron chi connectivity index (χ1n) is 8.17. The Bertz CT molecular complexity index is 252. The third kappa shape index (κ3) is 15.3. The lowest BCUT2D eigenvalue weighted by Crippen LogP contribution is -2.12. The summed E-state index contributed by atoms with van der Waals surface area (Å²) in [6.45, 7) is 7.40. The van der Waals surface area contributed by atoms with Crippen LogP contribution in [-0.2, 0) is 28.5 Å². The Hall–Kier alpha value is -1.14. The second-order valence-electron chi connectivity index (χ2n) is 4.75. The van der Waals surface area contributed by atoms with Crippen molar-refractivity contribution in [2.75, 3.05) is 39.6 Å². The number of hydrogen-bond acceptors (Lipinski definition) is 6. The fraction of sp³-hybridized carbons (Fsp3) is 0.875. The van der Waals surface area contributed by atoms with Gasteiger partial charge in [-0.05, 0) is 39.5 Å². The summed E-state index contributed by atoms with van der Waals surface area (Å²) >= 11 is 0. The summed E-state index contributed by atoms with van der Waals surface area (Å²) in [7, 11) is 0. The summed E-state index contributed by atoms with van der Waals surface area (Å²) < 4.78 is 20.4. The maximum absolute atomic E-state index is 11.4. The van der Waals surface area contributed by atoms with Crippen LogP contribution in [0.15, 0.2) is 0 Å². The van der Waals surface area contributed by atoms with Gasteiger partial charge in [-0.2, -0.15) is 0 Å². The standard InChI is InChI=1S/C16H30O6/c1-3-19-11-5-7-13-21-15(17)9-10-16(18)22-14-8-6-12-20-4-2/h3-14H2,1-2H3. The van der Waals surface area contributed by atoms with Crippen LogP contribution in [-0.4, -0.2) is 51.6 Å². The summed E-state index contributed by atoms with van der Waals surface area (Å²) in [6.07, 6.45) is 3.42. The van der Waals surface area contributed by atoms with Gasteiger partial charge in [0.2, 0.25) is 0 Å². The Morgan fingerprint density at radius 3 is 1.36 bits per heavy atom. The third-order valence-corrected chi connectivity index (χ3v) is 2.83. The first-order chi connectivity index (χ1) is 10.7. The Kier molecular flexibility index (Phi) is 15.4. The van der Waals surface area contributed by atoms with Crippen LogP contribution in [0.2, 0.25) is 0 Å². The Labute approximate surface area is 133 Å². The molecule has 0 aromatic rings. The second-order valence-corrected chi connectivity index (χ2v) is 4.75. The van der Waals surface area contributed by atoms with Gasteiger partial charge >= 0.3 is 11.9 Å². The zero-order valence-electron chi connectivity index (χ0n) is 13.9. The first-order valence-corrected chi connectivity index (χ1v) is 8.17. The lowest BCUT2D eigenvalue weighted by atomic mass is 10.3. The largest absolute Gasteiger partial charge is 0.466 e. The molecule has 0 heterocycles. The number of carbonyl (C=O) groups excluding carboxylic acids is 2. The van der Waals surface area contributed by atoms with Crippen molar-refractivity contribution in [3.8, 4) is 0 Å². The van der Waals surface area contributed by atoms with Gasteiger partial charge in [0, 0.05) is 26.4 Å². The molecule has 6 nitrogen and oxygen atoms in total. The number of esters is 2. The van der Waals surface area contributed by atoms with Gasteiger partial charge in [-0.3, -0.25) is 9.59 Å². The van der Waals surface area contributed by atoms with Crippen LogP contribution < -0.4 is 0 Å². The van der Waals surface area contributed by atoms with Gasteiger partial charge in [0.15, 0.2) is 0 Å². The number of carbonyl (C=O) groups is 2. The molecule has 22 heavy (non-hydrogen) atoms. The molecule has 0 unspecified atom stereocenters. The highest BCUT2D eigenvalue weighted by atomic mass is 16.5. The molecule has 0 rings (SSSR count). The highest BCUT2D eigenvalue weighted by molar-refractivity contribution is 5.77. The molecule has 0 aliphatic heterocycles. The number of hydrogen-bond donors (Lipinski definition) is 0. The second kappa shape index (κ2) is 16.2. The maximum atomic E-state index is 11.4. The predicted molar refractivity (Wildman–Crippen MR) is 82.6 cm³/mol. The Morgan fingerprint density at radius 2 is 1.00 bits per heavy atom. The van der Waals surface area contributed by atoms with Crippen LogP contribution in [0, 0.1) is 0 Å². The lowest BCUT2D eigenvalue weighted by molar-refractivity contribution is -0.150. The van der Waals surface area contributed by atoms with Gasteiger partial charge in [0.05, 0.1) is 26.1 Å². The van der Waals surface area contributed by atoms with Gasteiger partial charge in [0.1, 0.15) is 0 Å². The van der Waals surface area contributed by atoms with E-state index in [0.717, 1.165) is 25.7 Å². The van der Waals surface area contributed by atoms with Gasteiger partial charge in [-0.15, -0.1) is 0 Å². The van der Waals surface area contributed by atoms with Crippen molar-refractivity contribution in [1.29, 1.82) is 0 Å². The fourth-order valence-electron chi connectivity index (χ4n) is 1.62. The third-order valence-electron chi connectivity index (χ3n) is 2.83. The molecule has 0 bridgehead atoms. The van der Waals surface area contributed by atoms with Crippen molar-refractivity contribution >= 4 is 11.9 Å². The van der Waals surface area contributed by atoms with Crippen LogP contribution in [0.1, 0.15) is 52.4 Å². The quantitative estimate of drug-likeness (QED) is 0.341. The normalized spacial score (nSPS) is 10.5. The number of ether oxygens (including phenoxy) is 4. The molecule has 0 radical (unpaired) electrons. The molecule has 0 saturated carbocycles. The molecule has 0 aromatic carbocycles. The summed E-state index contributed by atoms with van der Waals surface area (Å²) in [5, 5.41) is 0. The van der Waals surface area contributed by atoms with Crippen LogP contribution in [0.3, 0.4) is 0 Å². The molecule has 130 valence electrons. The predicted octanol–water partition coefficient (Wildman–Crippen LogP) is 2.49. The zero-order chi connectivity index (χ0) is 16.5. The molecule has 0 spiro atoms. The van der Waals surface area contributed by atoms with Crippen molar-refractivity contribution in [3.63, 3.8) is 0 Å². The molecule has 0 aliphatic carbocycles. The van der Waals surface area contributed by atoms with E-state index in [-0.39, 0.29) is 24.8 Å². The summed E-state index contributed by atoms with van der Waals surface area (Å²) in [5.41, 5.74) is 0. The zero-order valence-corrected chi connectivity index (χ0v) is 13.9. The summed E-state index contributed by atoms with van der Waals surface area (Å²) in [5.74, 6) is -0.714. The molecule has 0 aliphatic rings. The molecular weight excluding hydrogens is 288 g/mol. The average molecular weight is 318 g/mol. The first kappa shape index (κ1) is 20.9. The van der Waals surface area contributed by atoms with Crippen molar-refractivity contribution in [2.24, 2.45) is 0 Å². The minimum absolute atomic E-state index is 0.0727. The average Bonchev–Trinajstić information content (AvgIpc) is 2.52. The van der Waals surface area contributed by atoms with Gasteiger partial charge in [-0.1, -0.05) is 0 Å². The van der Waals surface area contributed by atoms with Crippen LogP contribution in [0.4, 0.5) is 0 Å². The van der Waals surface area contributed by atoms with E-state index in [0.29, 0.717) is 39.6 Å². The molecule has 0 saturated heterocycles. The molecule has 0 atom stereocenters. The molecule has 6 heteroatoms. The molecular formula is C16H30O6. The van der Waals surface area contributed by atoms with E-state index in [1.165, 1.54) is 0 Å². The number of unbranched alkanes of at least 4 members (excludes halogenated alkanes) is 2. The van der Waals surface area contributed by atoms with Gasteiger partial charge in [-0.25, -0.2) is 0 Å². The monoisotopic (exact) mass is 318 g/mol. The van der Waals surface area contributed by atoms with Crippen molar-refractivity contribution < 1.29 is 28.5 Å². The molecule has 0 N–H and O–H groups in total. The smallest absolute Gasteiger partial charge is 0.306 e. The fourth-order valence-corrected chi connectivity index (χ4v) is 1.62. The van der Waals surface area contributed by atoms with Crippen molar-refractivity contribution in [3.05, 3.63) is 0 Å². The van der Waals surface area contributed by atoms with Crippen LogP contribution >= 0.6 is 0 Å². The minimum atomic E-state index is -0.357. The minimum Gasteiger partial charge on any atom is -0.466 e. The molecule has 0 amide bonds. The summed E-state index contributed by atoms with van der Waals surface area (Å²) in [4.78, 5) is 22.8. The van der Waals surface area contributed by atoms with E-state index in [2.05, 4.69) is 0 Å². The van der Waals surface area contributed by atoms with E-state index >= 15 is 0 Å². The van der Waals surface area contributed by atoms with E-state index in [9.17, 15) is 9.59 Å². The SMILES string of the molecule is CCOCCCCOC(=O)CCC(=O)OCCCCOCC. The highest BCUT2D eigenvalue weighted by Crippen LogP contribution is 2.00. The van der Waals surface area contributed by atoms with Gasteiger partial charge in [0.25, 0.3) is 0 Å². The molecule has 0 aromatic heterocycles. The van der Waals surface area contributed by atoms with E-state index < -0.39 is 0 Å². The van der Waals surface area contributed by atoms with Crippen molar-refractivity contribution in [2.45, 2.75) is 52.4 Å². The van der Waals surface area contributed by atoms with E-state index in [1.54, 1.807) is 0 Å². The lowest BCUT2D eigenvalue weighted by Gasteiger charge is -2.06. The molecule has 0 fully saturated rings. The van der Waals surface area contributed by atoms with Crippen LogP contribution in [0.25, 0.3) is 0 Å². The van der Waals surface area contributed by atoms with Crippen molar-refractivity contribution in [1.82, 2.24) is 0 Å². The summed E-state index contributed by atoms with van der Waals surface area (Å²) in [6, 6.07) is 0. The van der Waals surface area contributed by atoms with Gasteiger partial charge < -0.3 is 18.9 Å². The topological polar surface area (TPSA) is 71.1 Å². The van der Waals surface area contributed by atoms with E-state index in [1.807, 2.05) is 13.8 Å². The number of rotatable bonds is 15. The Morgan fingerprint density at radius 1 is 0.636 bits per heavy atom. The van der Waals surface area contributed by atoms with Crippen LogP contribution in [0.5, 0.6) is 0 Å². The Balaban J connectivity index is 3.36. The maximum Gasteiger partial charge on any atom is 0.306 e.